The van der Waals surface area contributed by atoms with E-state index in [0.29, 0.717) is 17.9 Å². The highest BCUT2D eigenvalue weighted by atomic mass is 35.5. The van der Waals surface area contributed by atoms with Crippen molar-refractivity contribution in [3.63, 3.8) is 0 Å². The lowest BCUT2D eigenvalue weighted by Crippen LogP contribution is -2.32. The highest BCUT2D eigenvalue weighted by Gasteiger charge is 2.42. The third-order valence-electron chi connectivity index (χ3n) is 3.94. The average Bonchev–Trinajstić information content (AvgIpc) is 2.76. The second-order valence-corrected chi connectivity index (χ2v) is 6.41. The Bertz CT molecular complexity index is 410. The second-order valence-electron chi connectivity index (χ2n) is 5.05. The summed E-state index contributed by atoms with van der Waals surface area (Å²) in [7, 11) is 1.84. The Morgan fingerprint density at radius 3 is 2.37 bits per heavy atom. The number of thiophene rings is 1. The first kappa shape index (κ1) is 15.1. The van der Waals surface area contributed by atoms with Crippen LogP contribution in [0.4, 0.5) is 13.2 Å². The summed E-state index contributed by atoms with van der Waals surface area (Å²) in [5.74, 6) is -0.889. The predicted molar refractivity (Wildman–Crippen MR) is 72.6 cm³/mol. The van der Waals surface area contributed by atoms with Gasteiger partial charge in [0.05, 0.1) is 10.9 Å². The van der Waals surface area contributed by atoms with E-state index in [1.165, 1.54) is 0 Å². The fraction of sp³-hybridized carbons (Fsp3) is 0.692. The highest BCUT2D eigenvalue weighted by molar-refractivity contribution is 7.10. The van der Waals surface area contributed by atoms with Crippen molar-refractivity contribution in [2.24, 2.45) is 11.8 Å². The molecule has 1 atom stereocenters. The number of alkyl halides is 3. The molecule has 1 aromatic rings. The van der Waals surface area contributed by atoms with Crippen LogP contribution < -0.4 is 5.32 Å². The van der Waals surface area contributed by atoms with E-state index in [2.05, 4.69) is 5.32 Å². The number of halogens is 4. The van der Waals surface area contributed by atoms with Gasteiger partial charge in [-0.1, -0.05) is 11.6 Å². The molecule has 1 N–H and O–H groups in total. The standard InChI is InChI=1S/C13H17ClF3NS/c1-18-11(12-10(14)6-7-19-12)8-2-4-9(5-3-8)13(15,16)17/h6-9,11,18H,2-5H2,1H3. The third-order valence-corrected chi connectivity index (χ3v) is 5.39. The minimum atomic E-state index is -4.04. The van der Waals surface area contributed by atoms with Crippen LogP contribution in [0.25, 0.3) is 0 Å². The van der Waals surface area contributed by atoms with Crippen molar-refractivity contribution in [3.05, 3.63) is 21.3 Å². The molecule has 1 nitrogen and oxygen atoms in total. The van der Waals surface area contributed by atoms with Gasteiger partial charge in [-0.2, -0.15) is 13.2 Å². The molecule has 6 heteroatoms. The van der Waals surface area contributed by atoms with Crippen LogP contribution in [0.3, 0.4) is 0 Å². The first-order valence-electron chi connectivity index (χ1n) is 6.40. The molecule has 1 unspecified atom stereocenters. The van der Waals surface area contributed by atoms with Gasteiger partial charge in [0, 0.05) is 10.9 Å². The van der Waals surface area contributed by atoms with Gasteiger partial charge in [0.15, 0.2) is 0 Å². The molecular weight excluding hydrogens is 295 g/mol. The van der Waals surface area contributed by atoms with Crippen molar-refractivity contribution >= 4 is 22.9 Å². The first-order valence-corrected chi connectivity index (χ1v) is 7.66. The molecule has 0 aliphatic heterocycles. The van der Waals surface area contributed by atoms with Crippen LogP contribution in [0.15, 0.2) is 11.4 Å². The van der Waals surface area contributed by atoms with E-state index in [0.717, 1.165) is 4.88 Å². The lowest BCUT2D eigenvalue weighted by atomic mass is 9.78. The Morgan fingerprint density at radius 1 is 1.32 bits per heavy atom. The van der Waals surface area contributed by atoms with Crippen molar-refractivity contribution in [1.82, 2.24) is 5.32 Å². The van der Waals surface area contributed by atoms with Gasteiger partial charge in [0.25, 0.3) is 0 Å². The van der Waals surface area contributed by atoms with Crippen molar-refractivity contribution < 1.29 is 13.2 Å². The van der Waals surface area contributed by atoms with Gasteiger partial charge < -0.3 is 5.32 Å². The average molecular weight is 312 g/mol. The van der Waals surface area contributed by atoms with Crippen LogP contribution in [-0.4, -0.2) is 13.2 Å². The van der Waals surface area contributed by atoms with Crippen molar-refractivity contribution in [1.29, 1.82) is 0 Å². The fourth-order valence-electron chi connectivity index (χ4n) is 2.89. The number of rotatable bonds is 3. The molecule has 2 rings (SSSR count). The van der Waals surface area contributed by atoms with Gasteiger partial charge in [0.1, 0.15) is 0 Å². The summed E-state index contributed by atoms with van der Waals surface area (Å²) < 4.78 is 38.0. The number of nitrogens with one attached hydrogen (secondary N) is 1. The zero-order chi connectivity index (χ0) is 14.0. The normalized spacial score (nSPS) is 26.4. The highest BCUT2D eigenvalue weighted by Crippen LogP contribution is 2.44. The Labute approximate surface area is 120 Å². The molecule has 0 aromatic carbocycles. The van der Waals surface area contributed by atoms with E-state index in [9.17, 15) is 13.2 Å². The maximum atomic E-state index is 12.7. The van der Waals surface area contributed by atoms with E-state index in [1.807, 2.05) is 18.5 Å². The second kappa shape index (κ2) is 6.02. The molecule has 19 heavy (non-hydrogen) atoms. The van der Waals surface area contributed by atoms with Crippen LogP contribution in [0.2, 0.25) is 5.02 Å². The largest absolute Gasteiger partial charge is 0.391 e. The van der Waals surface area contributed by atoms with Gasteiger partial charge in [-0.25, -0.2) is 0 Å². The quantitative estimate of drug-likeness (QED) is 0.825. The Hall–Kier alpha value is -0.260. The third kappa shape index (κ3) is 3.44. The monoisotopic (exact) mass is 311 g/mol. The van der Waals surface area contributed by atoms with Crippen LogP contribution in [0.1, 0.15) is 36.6 Å². The van der Waals surface area contributed by atoms with Crippen molar-refractivity contribution in [2.45, 2.75) is 37.9 Å². The lowest BCUT2D eigenvalue weighted by molar-refractivity contribution is -0.184. The smallest absolute Gasteiger partial charge is 0.312 e. The molecule has 1 saturated carbocycles. The summed E-state index contributed by atoms with van der Waals surface area (Å²) in [6.45, 7) is 0. The molecule has 1 aliphatic rings. The number of hydrogen-bond donors (Lipinski definition) is 1. The summed E-state index contributed by atoms with van der Waals surface area (Å²) in [6.07, 6.45) is -2.38. The number of hydrogen-bond acceptors (Lipinski definition) is 2. The molecule has 0 saturated heterocycles. The predicted octanol–water partition coefficient (Wildman–Crippen LogP) is 5.03. The Kier molecular flexibility index (Phi) is 4.79. The molecule has 0 spiro atoms. The molecule has 1 fully saturated rings. The lowest BCUT2D eigenvalue weighted by Gasteiger charge is -2.34. The molecule has 0 radical (unpaired) electrons. The molecule has 108 valence electrons. The van der Waals surface area contributed by atoms with Gasteiger partial charge in [-0.05, 0) is 50.1 Å². The minimum Gasteiger partial charge on any atom is -0.312 e. The van der Waals surface area contributed by atoms with E-state index < -0.39 is 12.1 Å². The SMILES string of the molecule is CNC(c1sccc1Cl)C1CCC(C(F)(F)F)CC1. The summed E-state index contributed by atoms with van der Waals surface area (Å²) >= 11 is 7.69. The summed E-state index contributed by atoms with van der Waals surface area (Å²) in [4.78, 5) is 1.04. The van der Waals surface area contributed by atoms with Crippen molar-refractivity contribution in [3.8, 4) is 0 Å². The Morgan fingerprint density at radius 2 is 1.95 bits per heavy atom. The van der Waals surface area contributed by atoms with E-state index in [1.54, 1.807) is 11.3 Å². The van der Waals surface area contributed by atoms with E-state index in [4.69, 9.17) is 11.6 Å². The zero-order valence-electron chi connectivity index (χ0n) is 10.6. The summed E-state index contributed by atoms with van der Waals surface area (Å²) in [5, 5.41) is 5.84. The fourth-order valence-corrected chi connectivity index (χ4v) is 4.27. The molecular formula is C13H17ClF3NS. The zero-order valence-corrected chi connectivity index (χ0v) is 12.2. The van der Waals surface area contributed by atoms with Gasteiger partial charge in [-0.3, -0.25) is 0 Å². The minimum absolute atomic E-state index is 0.0710. The van der Waals surface area contributed by atoms with Crippen LogP contribution >= 0.6 is 22.9 Å². The Balaban J connectivity index is 2.02. The van der Waals surface area contributed by atoms with Crippen LogP contribution in [0, 0.1) is 11.8 Å². The topological polar surface area (TPSA) is 12.0 Å². The molecule has 1 aliphatic carbocycles. The maximum absolute atomic E-state index is 12.7. The van der Waals surface area contributed by atoms with E-state index >= 15 is 0 Å². The maximum Gasteiger partial charge on any atom is 0.391 e. The van der Waals surface area contributed by atoms with E-state index in [-0.39, 0.29) is 24.8 Å². The summed E-state index contributed by atoms with van der Waals surface area (Å²) in [6, 6.07) is 1.91. The van der Waals surface area contributed by atoms with Gasteiger partial charge in [0.2, 0.25) is 0 Å². The summed E-state index contributed by atoms with van der Waals surface area (Å²) in [5.41, 5.74) is 0. The molecule has 0 bridgehead atoms. The van der Waals surface area contributed by atoms with Crippen LogP contribution in [-0.2, 0) is 0 Å². The molecule has 1 aromatic heterocycles. The van der Waals surface area contributed by atoms with Crippen LogP contribution in [0.5, 0.6) is 0 Å². The molecule has 0 amide bonds. The first-order chi connectivity index (χ1) is 8.93. The van der Waals surface area contributed by atoms with Gasteiger partial charge >= 0.3 is 6.18 Å². The molecule has 1 heterocycles. The van der Waals surface area contributed by atoms with Gasteiger partial charge in [-0.15, -0.1) is 11.3 Å². The van der Waals surface area contributed by atoms with Crippen molar-refractivity contribution in [2.75, 3.05) is 7.05 Å².